The zero-order valence-electron chi connectivity index (χ0n) is 19.4. The summed E-state index contributed by atoms with van der Waals surface area (Å²) in [5.41, 5.74) is 1.13. The number of aliphatic hydroxyl groups is 1. The van der Waals surface area contributed by atoms with E-state index in [9.17, 15) is 18.3 Å². The third-order valence-electron chi connectivity index (χ3n) is 5.73. The Labute approximate surface area is 195 Å². The number of fused-ring (bicyclic) bond motifs is 1. The minimum absolute atomic E-state index is 0.0478. The topological polar surface area (TPSA) is 100 Å². The highest BCUT2D eigenvalue weighted by molar-refractivity contribution is 7.89. The summed E-state index contributed by atoms with van der Waals surface area (Å²) < 4.78 is 34.5. The first-order valence-electron chi connectivity index (χ1n) is 10.9. The van der Waals surface area contributed by atoms with Gasteiger partial charge in [0.1, 0.15) is 22.4 Å². The van der Waals surface area contributed by atoms with Crippen LogP contribution in [0.15, 0.2) is 53.6 Å². The molecule has 8 nitrogen and oxygen atoms in total. The van der Waals surface area contributed by atoms with Crippen molar-refractivity contribution in [2.45, 2.75) is 37.8 Å². The highest BCUT2D eigenvalue weighted by Gasteiger charge is 2.38. The lowest BCUT2D eigenvalue weighted by Crippen LogP contribution is -2.50. The standard InChI is InChI=1S/C24H31N3O5S/c1-5-8-19-10-11-23-21(13-19)32-22(15-26(4)24(29)20-9-6-7-12-25-20)17(2)14-27(18(3)16-28)33(23,30)31/h5-13,17-18,22,28H,14-16H2,1-4H3/b8-5+/t17-,18+,22+/m1/s1. The van der Waals surface area contributed by atoms with E-state index in [2.05, 4.69) is 4.98 Å². The second-order valence-corrected chi connectivity index (χ2v) is 10.2. The predicted molar refractivity (Wildman–Crippen MR) is 126 cm³/mol. The molecule has 1 aliphatic rings. The zero-order chi connectivity index (χ0) is 24.2. The van der Waals surface area contributed by atoms with E-state index < -0.39 is 22.2 Å². The number of nitrogens with zero attached hydrogens (tertiary/aromatic N) is 3. The smallest absolute Gasteiger partial charge is 0.272 e. The number of benzene rings is 1. The van der Waals surface area contributed by atoms with Crippen LogP contribution in [0.4, 0.5) is 0 Å². The number of carbonyl (C=O) groups is 1. The van der Waals surface area contributed by atoms with Gasteiger partial charge in [0.15, 0.2) is 0 Å². The largest absolute Gasteiger partial charge is 0.487 e. The van der Waals surface area contributed by atoms with E-state index in [4.69, 9.17) is 4.74 Å². The van der Waals surface area contributed by atoms with Crippen molar-refractivity contribution in [3.63, 3.8) is 0 Å². The van der Waals surface area contributed by atoms with Crippen molar-refractivity contribution in [1.82, 2.24) is 14.2 Å². The fourth-order valence-electron chi connectivity index (χ4n) is 3.79. The Bertz CT molecular complexity index is 1100. The Morgan fingerprint density at radius 2 is 2.12 bits per heavy atom. The summed E-state index contributed by atoms with van der Waals surface area (Å²) in [5.74, 6) is -0.271. The van der Waals surface area contributed by atoms with Crippen LogP contribution in [0.25, 0.3) is 6.08 Å². The lowest BCUT2D eigenvalue weighted by atomic mass is 10.0. The number of sulfonamides is 1. The Hall–Kier alpha value is -2.75. The molecule has 0 spiro atoms. The van der Waals surface area contributed by atoms with Crippen molar-refractivity contribution in [2.75, 3.05) is 26.7 Å². The van der Waals surface area contributed by atoms with Gasteiger partial charge in [0.2, 0.25) is 10.0 Å². The second-order valence-electron chi connectivity index (χ2n) is 8.35. The lowest BCUT2D eigenvalue weighted by molar-refractivity contribution is 0.0559. The molecular weight excluding hydrogens is 442 g/mol. The van der Waals surface area contributed by atoms with E-state index in [-0.39, 0.29) is 42.2 Å². The maximum atomic E-state index is 13.5. The Morgan fingerprint density at radius 3 is 2.76 bits per heavy atom. The first-order chi connectivity index (χ1) is 15.7. The molecule has 1 aromatic heterocycles. The molecule has 3 atom stereocenters. The number of hydrogen-bond donors (Lipinski definition) is 1. The molecule has 1 aromatic carbocycles. The highest BCUT2D eigenvalue weighted by atomic mass is 32.2. The van der Waals surface area contributed by atoms with Crippen LogP contribution in [-0.2, 0) is 10.0 Å². The molecule has 0 fully saturated rings. The molecule has 0 aliphatic carbocycles. The summed E-state index contributed by atoms with van der Waals surface area (Å²) in [6, 6.07) is 9.49. The lowest BCUT2D eigenvalue weighted by Gasteiger charge is -2.37. The zero-order valence-corrected chi connectivity index (χ0v) is 20.2. The summed E-state index contributed by atoms with van der Waals surface area (Å²) in [6.07, 6.45) is 4.80. The predicted octanol–water partition coefficient (Wildman–Crippen LogP) is 2.66. The molecule has 0 saturated carbocycles. The number of carbonyl (C=O) groups excluding carboxylic acids is 1. The van der Waals surface area contributed by atoms with Crippen LogP contribution in [0.2, 0.25) is 0 Å². The van der Waals surface area contributed by atoms with Crippen molar-refractivity contribution >= 4 is 22.0 Å². The molecule has 3 rings (SSSR count). The molecule has 0 saturated heterocycles. The Kier molecular flexibility index (Phi) is 7.88. The molecule has 33 heavy (non-hydrogen) atoms. The number of amides is 1. The van der Waals surface area contributed by atoms with Gasteiger partial charge in [0.25, 0.3) is 5.91 Å². The highest BCUT2D eigenvalue weighted by Crippen LogP contribution is 2.34. The minimum atomic E-state index is -3.90. The first kappa shape index (κ1) is 24.9. The van der Waals surface area contributed by atoms with E-state index in [0.29, 0.717) is 5.69 Å². The number of aromatic nitrogens is 1. The first-order valence-corrected chi connectivity index (χ1v) is 12.4. The second kappa shape index (κ2) is 10.5. The maximum Gasteiger partial charge on any atom is 0.272 e. The van der Waals surface area contributed by atoms with Crippen LogP contribution < -0.4 is 4.74 Å². The van der Waals surface area contributed by atoms with Gasteiger partial charge in [-0.25, -0.2) is 8.42 Å². The fourth-order valence-corrected chi connectivity index (χ4v) is 5.62. The number of likely N-dealkylation sites (N-methyl/N-ethyl adjacent to an activating group) is 1. The van der Waals surface area contributed by atoms with Crippen LogP contribution in [-0.4, -0.2) is 72.5 Å². The maximum absolute atomic E-state index is 13.5. The van der Waals surface area contributed by atoms with E-state index in [1.807, 2.05) is 26.0 Å². The molecular formula is C24H31N3O5S. The van der Waals surface area contributed by atoms with Crippen LogP contribution in [0.1, 0.15) is 36.8 Å². The van der Waals surface area contributed by atoms with E-state index in [0.717, 1.165) is 5.56 Å². The monoisotopic (exact) mass is 473 g/mol. The van der Waals surface area contributed by atoms with Gasteiger partial charge in [-0.05, 0) is 43.7 Å². The van der Waals surface area contributed by atoms with Gasteiger partial charge in [-0.2, -0.15) is 4.31 Å². The number of aliphatic hydroxyl groups excluding tert-OH is 1. The van der Waals surface area contributed by atoms with Gasteiger partial charge in [-0.1, -0.05) is 31.2 Å². The number of ether oxygens (including phenoxy) is 1. The van der Waals surface area contributed by atoms with Crippen LogP contribution >= 0.6 is 0 Å². The average molecular weight is 474 g/mol. The Morgan fingerprint density at radius 1 is 1.36 bits per heavy atom. The van der Waals surface area contributed by atoms with Crippen LogP contribution in [0.3, 0.4) is 0 Å². The normalized spacial score (nSPS) is 21.5. The van der Waals surface area contributed by atoms with Gasteiger partial charge in [0.05, 0.1) is 13.2 Å². The molecule has 1 aliphatic heterocycles. The SMILES string of the molecule is C/C=C/c1ccc2c(c1)O[C@@H](CN(C)C(=O)c1ccccn1)[C@H](C)CN([C@@H](C)CO)S2(=O)=O. The molecule has 0 radical (unpaired) electrons. The van der Waals surface area contributed by atoms with Crippen molar-refractivity contribution in [3.8, 4) is 5.75 Å². The van der Waals surface area contributed by atoms with Gasteiger partial charge in [-0.15, -0.1) is 0 Å². The molecule has 0 unspecified atom stereocenters. The molecule has 1 N–H and O–H groups in total. The molecule has 2 aromatic rings. The van der Waals surface area contributed by atoms with Crippen LogP contribution in [0, 0.1) is 5.92 Å². The third-order valence-corrected chi connectivity index (χ3v) is 7.75. The van der Waals surface area contributed by atoms with E-state index in [1.54, 1.807) is 50.5 Å². The van der Waals surface area contributed by atoms with Crippen molar-refractivity contribution < 1.29 is 23.1 Å². The molecule has 178 valence electrons. The molecule has 9 heteroatoms. The Balaban J connectivity index is 2.01. The summed E-state index contributed by atoms with van der Waals surface area (Å²) in [6.45, 7) is 5.52. The fraction of sp³-hybridized carbons (Fsp3) is 0.417. The third kappa shape index (κ3) is 5.43. The number of hydrogen-bond acceptors (Lipinski definition) is 6. The number of allylic oxidation sites excluding steroid dienone is 1. The van der Waals surface area contributed by atoms with E-state index in [1.165, 1.54) is 15.3 Å². The van der Waals surface area contributed by atoms with Gasteiger partial charge < -0.3 is 14.7 Å². The molecule has 0 bridgehead atoms. The number of rotatable bonds is 6. The summed E-state index contributed by atoms with van der Waals surface area (Å²) in [7, 11) is -2.22. The van der Waals surface area contributed by atoms with Gasteiger partial charge in [0, 0.05) is 31.7 Å². The van der Waals surface area contributed by atoms with Crippen LogP contribution in [0.5, 0.6) is 5.75 Å². The average Bonchev–Trinajstić information content (AvgIpc) is 2.81. The summed E-state index contributed by atoms with van der Waals surface area (Å²) in [4.78, 5) is 18.6. The molecule has 1 amide bonds. The van der Waals surface area contributed by atoms with Gasteiger partial charge in [-0.3, -0.25) is 9.78 Å². The van der Waals surface area contributed by atoms with Crippen molar-refractivity contribution in [3.05, 3.63) is 59.9 Å². The quantitative estimate of drug-likeness (QED) is 0.692. The van der Waals surface area contributed by atoms with Crippen molar-refractivity contribution in [1.29, 1.82) is 0 Å². The number of pyridine rings is 1. The minimum Gasteiger partial charge on any atom is -0.487 e. The summed E-state index contributed by atoms with van der Waals surface area (Å²) >= 11 is 0. The van der Waals surface area contributed by atoms with E-state index >= 15 is 0 Å². The van der Waals surface area contributed by atoms with Crippen molar-refractivity contribution in [2.24, 2.45) is 5.92 Å². The van der Waals surface area contributed by atoms with Gasteiger partial charge >= 0.3 is 0 Å². The summed E-state index contributed by atoms with van der Waals surface area (Å²) in [5, 5.41) is 9.73. The molecule has 2 heterocycles.